The van der Waals surface area contributed by atoms with Crippen molar-refractivity contribution in [3.05, 3.63) is 12.2 Å². The zero-order valence-corrected chi connectivity index (χ0v) is 17.8. The SMILES string of the molecule is CCCCCC(=O)NCC(=O)NC[C@@H]1[C@@H]2CC[C@@H](C2)[C@@H]1CC=CCCCC(=O)O. The van der Waals surface area contributed by atoms with E-state index in [0.29, 0.717) is 37.1 Å². The van der Waals surface area contributed by atoms with E-state index in [9.17, 15) is 14.4 Å². The van der Waals surface area contributed by atoms with Gasteiger partial charge in [-0.05, 0) is 68.6 Å². The van der Waals surface area contributed by atoms with E-state index in [1.54, 1.807) is 0 Å². The molecule has 4 atom stereocenters. The van der Waals surface area contributed by atoms with Crippen molar-refractivity contribution in [2.45, 2.75) is 77.6 Å². The Labute approximate surface area is 174 Å². The first kappa shape index (κ1) is 23.4. The van der Waals surface area contributed by atoms with Gasteiger partial charge in [-0.15, -0.1) is 0 Å². The highest BCUT2D eigenvalue weighted by Gasteiger charge is 2.46. The molecule has 29 heavy (non-hydrogen) atoms. The van der Waals surface area contributed by atoms with Crippen LogP contribution < -0.4 is 10.6 Å². The van der Waals surface area contributed by atoms with Gasteiger partial charge < -0.3 is 15.7 Å². The van der Waals surface area contributed by atoms with E-state index >= 15 is 0 Å². The fourth-order valence-corrected chi connectivity index (χ4v) is 5.05. The molecule has 6 nitrogen and oxygen atoms in total. The Morgan fingerprint density at radius 3 is 2.41 bits per heavy atom. The molecule has 0 aromatic rings. The van der Waals surface area contributed by atoms with Crippen LogP contribution in [0.4, 0.5) is 0 Å². The monoisotopic (exact) mass is 406 g/mol. The van der Waals surface area contributed by atoms with Crippen molar-refractivity contribution in [3.63, 3.8) is 0 Å². The van der Waals surface area contributed by atoms with Gasteiger partial charge in [0.2, 0.25) is 11.8 Å². The third-order valence-corrected chi connectivity index (χ3v) is 6.60. The summed E-state index contributed by atoms with van der Waals surface area (Å²) in [4.78, 5) is 34.4. The lowest BCUT2D eigenvalue weighted by Gasteiger charge is -2.30. The van der Waals surface area contributed by atoms with Crippen LogP contribution in [0.5, 0.6) is 0 Å². The summed E-state index contributed by atoms with van der Waals surface area (Å²) in [5, 5.41) is 14.4. The molecule has 164 valence electrons. The number of fused-ring (bicyclic) bond motifs is 2. The first-order valence-electron chi connectivity index (χ1n) is 11.4. The van der Waals surface area contributed by atoms with Crippen LogP contribution in [0.1, 0.15) is 77.6 Å². The molecule has 6 heteroatoms. The smallest absolute Gasteiger partial charge is 0.303 e. The number of nitrogens with one attached hydrogen (secondary N) is 2. The van der Waals surface area contributed by atoms with E-state index in [2.05, 4.69) is 29.7 Å². The highest BCUT2D eigenvalue weighted by molar-refractivity contribution is 5.84. The Hall–Kier alpha value is -1.85. The van der Waals surface area contributed by atoms with Crippen LogP contribution in [0.25, 0.3) is 0 Å². The number of hydrogen-bond donors (Lipinski definition) is 3. The number of hydrogen-bond acceptors (Lipinski definition) is 3. The lowest BCUT2D eigenvalue weighted by molar-refractivity contribution is -0.137. The maximum Gasteiger partial charge on any atom is 0.303 e. The van der Waals surface area contributed by atoms with Crippen molar-refractivity contribution in [1.29, 1.82) is 0 Å². The summed E-state index contributed by atoms with van der Waals surface area (Å²) in [6, 6.07) is 0. The Morgan fingerprint density at radius 2 is 1.69 bits per heavy atom. The summed E-state index contributed by atoms with van der Waals surface area (Å²) in [7, 11) is 0. The molecule has 2 saturated carbocycles. The summed E-state index contributed by atoms with van der Waals surface area (Å²) in [6.07, 6.45) is 14.4. The van der Waals surface area contributed by atoms with Crippen molar-refractivity contribution in [3.8, 4) is 0 Å². The predicted octanol–water partition coefficient (Wildman–Crippen LogP) is 3.66. The van der Waals surface area contributed by atoms with Crippen molar-refractivity contribution >= 4 is 17.8 Å². The molecule has 0 aromatic carbocycles. The highest BCUT2D eigenvalue weighted by atomic mass is 16.4. The summed E-state index contributed by atoms with van der Waals surface area (Å²) in [5.74, 6) is 1.70. The maximum atomic E-state index is 12.1. The van der Waals surface area contributed by atoms with Crippen molar-refractivity contribution in [2.24, 2.45) is 23.7 Å². The van der Waals surface area contributed by atoms with Crippen LogP contribution in [-0.2, 0) is 14.4 Å². The topological polar surface area (TPSA) is 95.5 Å². The van der Waals surface area contributed by atoms with Gasteiger partial charge in [0.15, 0.2) is 0 Å². The Bertz CT molecular complexity index is 575. The lowest BCUT2D eigenvalue weighted by atomic mass is 9.77. The minimum atomic E-state index is -0.737. The van der Waals surface area contributed by atoms with E-state index in [1.807, 2.05) is 0 Å². The molecule has 2 aliphatic rings. The minimum Gasteiger partial charge on any atom is -0.481 e. The largest absolute Gasteiger partial charge is 0.481 e. The standard InChI is InChI=1S/C23H38N2O4/c1-2-3-6-10-21(26)25-16-22(27)24-15-20-18-13-12-17(14-18)19(20)9-7-4-5-8-11-23(28)29/h4,7,17-20H,2-3,5-6,8-16H2,1H3,(H,24,27)(H,25,26)(H,28,29)/t17-,18+,19-,20+/m0/s1. The van der Waals surface area contributed by atoms with Gasteiger partial charge in [0.05, 0.1) is 6.54 Å². The molecule has 2 amide bonds. The summed E-state index contributed by atoms with van der Waals surface area (Å²) >= 11 is 0. The number of rotatable bonds is 14. The van der Waals surface area contributed by atoms with E-state index in [1.165, 1.54) is 19.3 Å². The molecule has 0 aliphatic heterocycles. The first-order valence-corrected chi connectivity index (χ1v) is 11.4. The van der Waals surface area contributed by atoms with Gasteiger partial charge in [-0.2, -0.15) is 0 Å². The van der Waals surface area contributed by atoms with Gasteiger partial charge >= 0.3 is 5.97 Å². The summed E-state index contributed by atoms with van der Waals surface area (Å²) in [5.41, 5.74) is 0. The molecule has 2 bridgehead atoms. The van der Waals surface area contributed by atoms with Crippen LogP contribution >= 0.6 is 0 Å². The zero-order chi connectivity index (χ0) is 21.1. The predicted molar refractivity (Wildman–Crippen MR) is 113 cm³/mol. The van der Waals surface area contributed by atoms with E-state index in [-0.39, 0.29) is 24.8 Å². The molecule has 2 rings (SSSR count). The molecule has 0 heterocycles. The van der Waals surface area contributed by atoms with E-state index < -0.39 is 5.97 Å². The average molecular weight is 407 g/mol. The number of carbonyl (C=O) groups is 3. The number of aliphatic carboxylic acids is 1. The number of carboxylic acids is 1. The zero-order valence-electron chi connectivity index (χ0n) is 17.8. The normalized spacial score (nSPS) is 25.4. The molecule has 0 unspecified atom stereocenters. The van der Waals surface area contributed by atoms with Gasteiger partial charge in [0.1, 0.15) is 0 Å². The third-order valence-electron chi connectivity index (χ3n) is 6.60. The van der Waals surface area contributed by atoms with Crippen LogP contribution in [0, 0.1) is 23.7 Å². The highest BCUT2D eigenvalue weighted by Crippen LogP contribution is 2.53. The van der Waals surface area contributed by atoms with Crippen LogP contribution in [0.3, 0.4) is 0 Å². The Balaban J connectivity index is 1.68. The Kier molecular flexibility index (Phi) is 10.2. The average Bonchev–Trinajstić information content (AvgIpc) is 3.29. The summed E-state index contributed by atoms with van der Waals surface area (Å²) in [6.45, 7) is 2.87. The van der Waals surface area contributed by atoms with Gasteiger partial charge in [-0.1, -0.05) is 31.9 Å². The number of amides is 2. The van der Waals surface area contributed by atoms with Crippen LogP contribution in [0.2, 0.25) is 0 Å². The second kappa shape index (κ2) is 12.7. The molecule has 0 radical (unpaired) electrons. The van der Waals surface area contributed by atoms with Crippen LogP contribution in [-0.4, -0.2) is 36.0 Å². The number of carbonyl (C=O) groups excluding carboxylic acids is 2. The van der Waals surface area contributed by atoms with Gasteiger partial charge in [0, 0.05) is 19.4 Å². The fourth-order valence-electron chi connectivity index (χ4n) is 5.05. The maximum absolute atomic E-state index is 12.1. The second-order valence-corrected chi connectivity index (χ2v) is 8.69. The third kappa shape index (κ3) is 8.19. The van der Waals surface area contributed by atoms with Gasteiger partial charge in [-0.3, -0.25) is 14.4 Å². The van der Waals surface area contributed by atoms with E-state index in [4.69, 9.17) is 5.11 Å². The van der Waals surface area contributed by atoms with Crippen molar-refractivity contribution < 1.29 is 19.5 Å². The Morgan fingerprint density at radius 1 is 0.931 bits per heavy atom. The number of allylic oxidation sites excluding steroid dienone is 2. The number of unbranched alkanes of at least 4 members (excludes halogenated alkanes) is 3. The van der Waals surface area contributed by atoms with Crippen LogP contribution in [0.15, 0.2) is 12.2 Å². The second-order valence-electron chi connectivity index (χ2n) is 8.69. The van der Waals surface area contributed by atoms with Crippen molar-refractivity contribution in [1.82, 2.24) is 10.6 Å². The minimum absolute atomic E-state index is 0.0422. The molecule has 2 fully saturated rings. The fraction of sp³-hybridized carbons (Fsp3) is 0.783. The summed E-state index contributed by atoms with van der Waals surface area (Å²) < 4.78 is 0. The molecule has 0 spiro atoms. The molecule has 0 saturated heterocycles. The molecule has 2 aliphatic carbocycles. The number of carboxylic acid groups (broad SMARTS) is 1. The first-order chi connectivity index (χ1) is 14.0. The molecule has 0 aromatic heterocycles. The van der Waals surface area contributed by atoms with Gasteiger partial charge in [0.25, 0.3) is 0 Å². The van der Waals surface area contributed by atoms with Gasteiger partial charge in [-0.25, -0.2) is 0 Å². The molecule has 3 N–H and O–H groups in total. The molecular weight excluding hydrogens is 368 g/mol. The molecular formula is C23H38N2O4. The quantitative estimate of drug-likeness (QED) is 0.303. The van der Waals surface area contributed by atoms with E-state index in [0.717, 1.165) is 38.0 Å². The lowest BCUT2D eigenvalue weighted by Crippen LogP contribution is -2.41. The van der Waals surface area contributed by atoms with Crippen molar-refractivity contribution in [2.75, 3.05) is 13.1 Å².